The molecule has 0 radical (unpaired) electrons. The van der Waals surface area contributed by atoms with Crippen molar-refractivity contribution in [3.63, 3.8) is 0 Å². The number of aryl methyl sites for hydroxylation is 2. The molecule has 0 bridgehead atoms. The molecule has 4 atom stereocenters. The summed E-state index contributed by atoms with van der Waals surface area (Å²) in [6.07, 6.45) is -5.35. The minimum atomic E-state index is -4.94. The average Bonchev–Trinajstić information content (AvgIpc) is 4.33. The van der Waals surface area contributed by atoms with Gasteiger partial charge in [-0.05, 0) is 72.8 Å². The van der Waals surface area contributed by atoms with Crippen molar-refractivity contribution in [2.75, 3.05) is 82.7 Å². The van der Waals surface area contributed by atoms with Gasteiger partial charge in [0, 0.05) is 90.2 Å². The normalized spacial score (nSPS) is 18.0. The molecule has 3 aromatic carbocycles. The second-order valence-electron chi connectivity index (χ2n) is 21.4. The van der Waals surface area contributed by atoms with Gasteiger partial charge in [-0.1, -0.05) is 67.5 Å². The van der Waals surface area contributed by atoms with E-state index >= 15 is 0 Å². The Kier molecular flexibility index (Phi) is 17.9. The molecule has 3 saturated heterocycles. The molecule has 3 aromatic heterocycles. The smallest absolute Gasteiger partial charge is 0.391 e. The average molecular weight is 1130 g/mol. The van der Waals surface area contributed by atoms with Gasteiger partial charge >= 0.3 is 6.18 Å². The minimum Gasteiger partial charge on any atom is -0.391 e. The van der Waals surface area contributed by atoms with E-state index in [1.807, 2.05) is 88.5 Å². The Labute approximate surface area is 470 Å². The van der Waals surface area contributed by atoms with Gasteiger partial charge in [0.05, 0.1) is 69.4 Å². The van der Waals surface area contributed by atoms with Crippen LogP contribution >= 0.6 is 11.3 Å². The number of β-amino-alcohol motifs (C(OH)–C–C–N with tert-alkyl or cyclic N) is 1. The summed E-state index contributed by atoms with van der Waals surface area (Å²) < 4.78 is 47.5. The Morgan fingerprint density at radius 1 is 0.889 bits per heavy atom. The number of aromatic amines is 1. The van der Waals surface area contributed by atoms with Crippen LogP contribution in [0.25, 0.3) is 21.6 Å². The highest BCUT2D eigenvalue weighted by molar-refractivity contribution is 7.13. The number of nitrogens with zero attached hydrogens (tertiary/aromatic N) is 7. The fourth-order valence-corrected chi connectivity index (χ4v) is 11.6. The van der Waals surface area contributed by atoms with Crippen molar-refractivity contribution in [2.24, 2.45) is 5.92 Å². The SMILES string of the molecule is Cc1cc(C(C(=O)N2C[C@H](O)C[C@H]2C(=O)NC(CC(=O)NCC(=O)N2CCN(Cc3cccc(-c4ccc(N5CCN(C)CC5)c(NC(=O)c5c[nH]c(=O)cc5C(F)(F)F)c4)c3)CC2)c2ccc(-c3scnc3C)cc2)C(C)C)on1. The number of likely N-dealkylation sites (tertiary alicyclic amines) is 1. The number of halogens is 3. The topological polar surface area (TPSA) is 230 Å². The molecule has 5 N–H and O–H groups in total. The first-order valence-electron chi connectivity index (χ1n) is 27.0. The first-order valence-corrected chi connectivity index (χ1v) is 27.8. The number of nitrogens with one attached hydrogen (secondary N) is 4. The second kappa shape index (κ2) is 25.0. The standard InChI is InChI=1S/C58H66F3N11O8S/c1-34(2)53(49-23-35(3)67-80-49)57(79)72-32-42(73)26-48(72)56(78)65-45(38-9-11-39(12-10-38)54-36(4)64-33-81-54)28-51(75)63-30-52(76)71-21-17-69(18-22-71)31-37-7-6-8-40(24-37)41-13-14-47(70-19-15-68(5)16-20-70)46(25-41)66-55(77)43-29-62-50(74)27-44(43)58(59,60)61/h6-14,23-25,27,29,33-34,42,45,48,53,73H,15-22,26,28,30-32H2,1-5H3,(H,62,74)(H,63,75)(H,65,78)(H,66,77)/t42-,45?,48+,53?/m1/s1. The largest absolute Gasteiger partial charge is 0.417 e. The van der Waals surface area contributed by atoms with Gasteiger partial charge in [-0.15, -0.1) is 11.3 Å². The minimum absolute atomic E-state index is 0.00624. The van der Waals surface area contributed by atoms with Gasteiger partial charge in [0.25, 0.3) is 5.91 Å². The van der Waals surface area contributed by atoms with E-state index in [-0.39, 0.29) is 43.7 Å². The van der Waals surface area contributed by atoms with Crippen LogP contribution < -0.4 is 26.4 Å². The number of likely N-dealkylation sites (N-methyl/N-ethyl adjacent to an activating group) is 1. The van der Waals surface area contributed by atoms with Crippen LogP contribution in [0.2, 0.25) is 0 Å². The number of hydrogen-bond donors (Lipinski definition) is 5. The number of aliphatic hydroxyl groups is 1. The van der Waals surface area contributed by atoms with E-state index in [4.69, 9.17) is 4.52 Å². The molecule has 6 aromatic rings. The van der Waals surface area contributed by atoms with Crippen LogP contribution in [0.4, 0.5) is 24.5 Å². The van der Waals surface area contributed by atoms with Crippen molar-refractivity contribution in [1.82, 2.24) is 45.4 Å². The first kappa shape index (κ1) is 57.9. The number of benzene rings is 3. The quantitative estimate of drug-likeness (QED) is 0.0686. The van der Waals surface area contributed by atoms with Crippen LogP contribution in [0.5, 0.6) is 0 Å². The molecular weight excluding hydrogens is 1070 g/mol. The highest BCUT2D eigenvalue weighted by atomic mass is 32.1. The molecule has 428 valence electrons. The maximum Gasteiger partial charge on any atom is 0.417 e. The van der Waals surface area contributed by atoms with E-state index in [0.717, 1.165) is 52.1 Å². The zero-order valence-corrected chi connectivity index (χ0v) is 46.5. The van der Waals surface area contributed by atoms with E-state index in [1.54, 1.807) is 29.5 Å². The monoisotopic (exact) mass is 1130 g/mol. The summed E-state index contributed by atoms with van der Waals surface area (Å²) in [5.41, 5.74) is 5.21. The Balaban J connectivity index is 0.827. The lowest BCUT2D eigenvalue weighted by molar-refractivity contribution is -0.141. The summed E-state index contributed by atoms with van der Waals surface area (Å²) in [7, 11) is 2.00. The molecule has 81 heavy (non-hydrogen) atoms. The van der Waals surface area contributed by atoms with Gasteiger partial charge in [-0.3, -0.25) is 33.7 Å². The lowest BCUT2D eigenvalue weighted by Gasteiger charge is -2.35. The number of carbonyl (C=O) groups is 5. The highest BCUT2D eigenvalue weighted by Gasteiger charge is 2.44. The number of thiazole rings is 1. The van der Waals surface area contributed by atoms with E-state index in [2.05, 4.69) is 45.8 Å². The Morgan fingerprint density at radius 3 is 2.27 bits per heavy atom. The van der Waals surface area contributed by atoms with Crippen molar-refractivity contribution in [3.05, 3.63) is 140 Å². The van der Waals surface area contributed by atoms with Gasteiger partial charge in [0.1, 0.15) is 17.7 Å². The van der Waals surface area contributed by atoms with Crippen molar-refractivity contribution in [1.29, 1.82) is 0 Å². The maximum absolute atomic E-state index is 14.3. The number of aromatic nitrogens is 3. The number of amides is 5. The maximum atomic E-state index is 14.3. The molecule has 0 aliphatic carbocycles. The van der Waals surface area contributed by atoms with Crippen LogP contribution in [0.3, 0.4) is 0 Å². The predicted octanol–water partition coefficient (Wildman–Crippen LogP) is 6.20. The van der Waals surface area contributed by atoms with Crippen LogP contribution in [0.1, 0.15) is 82.8 Å². The molecule has 3 fully saturated rings. The Morgan fingerprint density at radius 2 is 1.60 bits per heavy atom. The Bertz CT molecular complexity index is 3310. The summed E-state index contributed by atoms with van der Waals surface area (Å²) in [5, 5.41) is 23.3. The van der Waals surface area contributed by atoms with Crippen LogP contribution in [-0.4, -0.2) is 154 Å². The van der Waals surface area contributed by atoms with Gasteiger partial charge in [0.15, 0.2) is 0 Å². The second-order valence-corrected chi connectivity index (χ2v) is 22.2. The van der Waals surface area contributed by atoms with Gasteiger partial charge in [0.2, 0.25) is 29.2 Å². The molecular formula is C58H66F3N11O8S. The molecule has 3 aliphatic heterocycles. The molecule has 0 spiro atoms. The zero-order valence-electron chi connectivity index (χ0n) is 45.7. The Hall–Kier alpha value is -7.73. The van der Waals surface area contributed by atoms with Crippen LogP contribution in [0.15, 0.2) is 99.9 Å². The number of rotatable bonds is 17. The van der Waals surface area contributed by atoms with Crippen molar-refractivity contribution in [3.8, 4) is 21.6 Å². The molecule has 3 aliphatic rings. The summed E-state index contributed by atoms with van der Waals surface area (Å²) >= 11 is 1.49. The number of pyridine rings is 1. The molecule has 0 saturated carbocycles. The van der Waals surface area contributed by atoms with Gasteiger partial charge < -0.3 is 50.2 Å². The lowest BCUT2D eigenvalue weighted by atomic mass is 9.91. The van der Waals surface area contributed by atoms with E-state index in [0.29, 0.717) is 80.3 Å². The van der Waals surface area contributed by atoms with E-state index < -0.39 is 64.7 Å². The van der Waals surface area contributed by atoms with Crippen LogP contribution in [0, 0.1) is 19.8 Å². The first-order chi connectivity index (χ1) is 38.7. The molecule has 2 unspecified atom stereocenters. The van der Waals surface area contributed by atoms with Gasteiger partial charge in [-0.2, -0.15) is 13.2 Å². The zero-order chi connectivity index (χ0) is 57.7. The number of anilines is 2. The predicted molar refractivity (Wildman–Crippen MR) is 299 cm³/mol. The van der Waals surface area contributed by atoms with Crippen molar-refractivity contribution < 1.29 is 46.8 Å². The summed E-state index contributed by atoms with van der Waals surface area (Å²) in [6, 6.07) is 20.9. The third kappa shape index (κ3) is 13.9. The summed E-state index contributed by atoms with van der Waals surface area (Å²) in [6.45, 7) is 12.3. The summed E-state index contributed by atoms with van der Waals surface area (Å²) in [4.78, 5) is 98.4. The lowest BCUT2D eigenvalue weighted by Crippen LogP contribution is -2.51. The molecule has 9 rings (SSSR count). The summed E-state index contributed by atoms with van der Waals surface area (Å²) in [5.74, 6) is -3.29. The fourth-order valence-electron chi connectivity index (χ4n) is 10.7. The molecule has 23 heteroatoms. The number of carbonyl (C=O) groups excluding carboxylic acids is 5. The molecule has 19 nitrogen and oxygen atoms in total. The van der Waals surface area contributed by atoms with Gasteiger partial charge in [-0.25, -0.2) is 4.98 Å². The third-order valence-corrected chi connectivity index (χ3v) is 16.1. The number of alkyl halides is 3. The number of piperazine rings is 2. The third-order valence-electron chi connectivity index (χ3n) is 15.2. The number of H-pyrrole nitrogens is 1. The molecule has 5 amide bonds. The van der Waals surface area contributed by atoms with Crippen LogP contribution in [-0.2, 0) is 31.9 Å². The van der Waals surface area contributed by atoms with E-state index in [1.165, 1.54) is 16.2 Å². The molecule has 6 heterocycles. The number of aliphatic hydroxyl groups excluding tert-OH is 1. The fraction of sp³-hybridized carbons (Fsp3) is 0.414. The van der Waals surface area contributed by atoms with Crippen molar-refractivity contribution >= 4 is 52.2 Å². The highest BCUT2D eigenvalue weighted by Crippen LogP contribution is 2.37. The number of hydrogen-bond acceptors (Lipinski definition) is 14. The van der Waals surface area contributed by atoms with Crippen molar-refractivity contribution in [2.45, 2.75) is 77.4 Å². The van der Waals surface area contributed by atoms with E-state index in [9.17, 15) is 47.0 Å².